The number of hydrogen-bond acceptors (Lipinski definition) is 4. The van der Waals surface area contributed by atoms with E-state index in [2.05, 4.69) is 9.88 Å². The summed E-state index contributed by atoms with van der Waals surface area (Å²) in [7, 11) is 1.73. The van der Waals surface area contributed by atoms with Crippen molar-refractivity contribution in [3.8, 4) is 0 Å². The molecule has 2 heterocycles. The molecule has 0 amide bonds. The first-order chi connectivity index (χ1) is 8.24. The lowest BCUT2D eigenvalue weighted by Gasteiger charge is -2.18. The van der Waals surface area contributed by atoms with Crippen LogP contribution in [0, 0.1) is 5.92 Å². The Hall–Kier alpha value is -0.840. The van der Waals surface area contributed by atoms with Gasteiger partial charge in [0.15, 0.2) is 0 Å². The molecular weight excluding hydrogens is 240 g/mol. The molecule has 1 unspecified atom stereocenters. The van der Waals surface area contributed by atoms with Gasteiger partial charge >= 0.3 is 0 Å². The van der Waals surface area contributed by atoms with Gasteiger partial charge in [-0.05, 0) is 12.5 Å². The first kappa shape index (κ1) is 12.6. The summed E-state index contributed by atoms with van der Waals surface area (Å²) in [5.74, 6) is 1.45. The summed E-state index contributed by atoms with van der Waals surface area (Å²) in [5.41, 5.74) is 0.729. The zero-order valence-corrected chi connectivity index (χ0v) is 10.7. The van der Waals surface area contributed by atoms with Gasteiger partial charge < -0.3 is 14.7 Å². The lowest BCUT2D eigenvalue weighted by atomic mass is 10.1. The summed E-state index contributed by atoms with van der Waals surface area (Å²) in [6, 6.07) is 1.86. The number of hydrogen-bond donors (Lipinski definition) is 1. The summed E-state index contributed by atoms with van der Waals surface area (Å²) in [4.78, 5) is 6.51. The molecule has 1 fully saturated rings. The van der Waals surface area contributed by atoms with Crippen LogP contribution < -0.4 is 4.90 Å². The molecule has 17 heavy (non-hydrogen) atoms. The predicted octanol–water partition coefficient (Wildman–Crippen LogP) is 1.70. The molecule has 1 aliphatic heterocycles. The third kappa shape index (κ3) is 2.89. The van der Waals surface area contributed by atoms with Gasteiger partial charge in [-0.2, -0.15) is 0 Å². The Bertz CT molecular complexity index is 387. The summed E-state index contributed by atoms with van der Waals surface area (Å²) in [6.07, 6.45) is 2.72. The Labute approximate surface area is 106 Å². The maximum Gasteiger partial charge on any atom is 0.128 e. The molecule has 0 spiro atoms. The van der Waals surface area contributed by atoms with E-state index in [0.29, 0.717) is 10.9 Å². The molecule has 1 aromatic heterocycles. The van der Waals surface area contributed by atoms with Gasteiger partial charge in [0.25, 0.3) is 0 Å². The lowest BCUT2D eigenvalue weighted by molar-refractivity contribution is 0.161. The number of ether oxygens (including phenoxy) is 1. The van der Waals surface area contributed by atoms with E-state index in [1.165, 1.54) is 0 Å². The third-order valence-electron chi connectivity index (χ3n) is 3.10. The molecule has 0 aromatic carbocycles. The van der Waals surface area contributed by atoms with Crippen molar-refractivity contribution in [2.75, 3.05) is 31.7 Å². The Morgan fingerprint density at radius 3 is 3.18 bits per heavy atom. The molecule has 1 aliphatic rings. The van der Waals surface area contributed by atoms with Crippen molar-refractivity contribution in [2.45, 2.75) is 13.0 Å². The molecule has 5 heteroatoms. The molecule has 2 rings (SSSR count). The number of halogens is 1. The minimum absolute atomic E-state index is 0.0519. The molecule has 1 N–H and O–H groups in total. The zero-order chi connectivity index (χ0) is 12.3. The van der Waals surface area contributed by atoms with E-state index in [1.807, 2.05) is 6.07 Å². The van der Waals surface area contributed by atoms with Crippen molar-refractivity contribution in [2.24, 2.45) is 5.92 Å². The van der Waals surface area contributed by atoms with Crippen LogP contribution in [0.2, 0.25) is 5.02 Å². The number of rotatable bonds is 4. The largest absolute Gasteiger partial charge is 0.392 e. The van der Waals surface area contributed by atoms with E-state index in [9.17, 15) is 5.11 Å². The lowest BCUT2D eigenvalue weighted by Crippen LogP contribution is -2.22. The van der Waals surface area contributed by atoms with Crippen LogP contribution in [0.3, 0.4) is 0 Å². The first-order valence-electron chi connectivity index (χ1n) is 5.73. The molecule has 0 saturated carbocycles. The van der Waals surface area contributed by atoms with Crippen LogP contribution in [0.25, 0.3) is 0 Å². The van der Waals surface area contributed by atoms with Crippen LogP contribution in [-0.2, 0) is 11.3 Å². The van der Waals surface area contributed by atoms with Crippen molar-refractivity contribution in [3.05, 3.63) is 22.8 Å². The SMILES string of the molecule is COCC1CCN(c2cc(CO)c(Cl)cn2)C1. The van der Waals surface area contributed by atoms with Gasteiger partial charge in [0.1, 0.15) is 5.82 Å². The predicted molar refractivity (Wildman–Crippen MR) is 67.4 cm³/mol. The highest BCUT2D eigenvalue weighted by atomic mass is 35.5. The number of aromatic nitrogens is 1. The Kier molecular flexibility index (Phi) is 4.20. The average Bonchev–Trinajstić information content (AvgIpc) is 2.79. The number of aliphatic hydroxyl groups excluding tert-OH is 1. The van der Waals surface area contributed by atoms with E-state index >= 15 is 0 Å². The molecule has 0 bridgehead atoms. The maximum atomic E-state index is 9.17. The van der Waals surface area contributed by atoms with E-state index in [4.69, 9.17) is 16.3 Å². The van der Waals surface area contributed by atoms with Crippen molar-refractivity contribution in [3.63, 3.8) is 0 Å². The highest BCUT2D eigenvalue weighted by Gasteiger charge is 2.23. The van der Waals surface area contributed by atoms with Gasteiger partial charge in [0.2, 0.25) is 0 Å². The molecular formula is C12H17ClN2O2. The number of methoxy groups -OCH3 is 1. The van der Waals surface area contributed by atoms with Crippen molar-refractivity contribution < 1.29 is 9.84 Å². The Balaban J connectivity index is 2.08. The van der Waals surface area contributed by atoms with E-state index < -0.39 is 0 Å². The molecule has 1 saturated heterocycles. The minimum atomic E-state index is -0.0519. The molecule has 4 nitrogen and oxygen atoms in total. The average molecular weight is 257 g/mol. The standard InChI is InChI=1S/C12H17ClN2O2/c1-17-8-9-2-3-15(6-9)12-4-10(7-16)11(13)5-14-12/h4-5,9,16H,2-3,6-8H2,1H3. The van der Waals surface area contributed by atoms with Crippen LogP contribution >= 0.6 is 11.6 Å². The monoisotopic (exact) mass is 256 g/mol. The Morgan fingerprint density at radius 1 is 1.65 bits per heavy atom. The fraction of sp³-hybridized carbons (Fsp3) is 0.583. The zero-order valence-electron chi connectivity index (χ0n) is 9.90. The molecule has 1 aromatic rings. The van der Waals surface area contributed by atoms with Crippen LogP contribution in [0.1, 0.15) is 12.0 Å². The molecule has 1 atom stereocenters. The van der Waals surface area contributed by atoms with Gasteiger partial charge in [0, 0.05) is 37.9 Å². The van der Waals surface area contributed by atoms with Crippen LogP contribution in [0.4, 0.5) is 5.82 Å². The Morgan fingerprint density at radius 2 is 2.47 bits per heavy atom. The fourth-order valence-corrected chi connectivity index (χ4v) is 2.34. The van der Waals surface area contributed by atoms with E-state index in [1.54, 1.807) is 13.3 Å². The second-order valence-corrected chi connectivity index (χ2v) is 4.76. The first-order valence-corrected chi connectivity index (χ1v) is 6.11. The second-order valence-electron chi connectivity index (χ2n) is 4.35. The van der Waals surface area contributed by atoms with Gasteiger partial charge in [0.05, 0.1) is 18.2 Å². The highest BCUT2D eigenvalue weighted by Crippen LogP contribution is 2.25. The molecule has 0 radical (unpaired) electrons. The summed E-state index contributed by atoms with van der Waals surface area (Å²) in [6.45, 7) is 2.67. The number of aliphatic hydroxyl groups is 1. The summed E-state index contributed by atoms with van der Waals surface area (Å²) < 4.78 is 5.17. The van der Waals surface area contributed by atoms with Gasteiger partial charge in [-0.25, -0.2) is 4.98 Å². The van der Waals surface area contributed by atoms with E-state index in [0.717, 1.165) is 37.5 Å². The second kappa shape index (κ2) is 5.67. The smallest absolute Gasteiger partial charge is 0.128 e. The topological polar surface area (TPSA) is 45.6 Å². The molecule has 94 valence electrons. The fourth-order valence-electron chi connectivity index (χ4n) is 2.17. The van der Waals surface area contributed by atoms with Crippen molar-refractivity contribution in [1.82, 2.24) is 4.98 Å². The molecule has 0 aliphatic carbocycles. The van der Waals surface area contributed by atoms with Crippen LogP contribution in [0.5, 0.6) is 0 Å². The third-order valence-corrected chi connectivity index (χ3v) is 3.44. The van der Waals surface area contributed by atoms with Gasteiger partial charge in [-0.15, -0.1) is 0 Å². The number of pyridine rings is 1. The van der Waals surface area contributed by atoms with Gasteiger partial charge in [-0.3, -0.25) is 0 Å². The summed E-state index contributed by atoms with van der Waals surface area (Å²) in [5, 5.41) is 9.69. The number of anilines is 1. The van der Waals surface area contributed by atoms with E-state index in [-0.39, 0.29) is 6.61 Å². The van der Waals surface area contributed by atoms with Gasteiger partial charge in [-0.1, -0.05) is 11.6 Å². The minimum Gasteiger partial charge on any atom is -0.392 e. The normalized spacial score (nSPS) is 19.9. The summed E-state index contributed by atoms with van der Waals surface area (Å²) >= 11 is 5.92. The van der Waals surface area contributed by atoms with Crippen LogP contribution in [0.15, 0.2) is 12.3 Å². The highest BCUT2D eigenvalue weighted by molar-refractivity contribution is 6.31. The van der Waals surface area contributed by atoms with Crippen LogP contribution in [-0.4, -0.2) is 36.9 Å². The quantitative estimate of drug-likeness (QED) is 0.891. The van der Waals surface area contributed by atoms with Crippen molar-refractivity contribution >= 4 is 17.4 Å². The number of nitrogens with zero attached hydrogens (tertiary/aromatic N) is 2. The maximum absolute atomic E-state index is 9.17. The van der Waals surface area contributed by atoms with Crippen molar-refractivity contribution in [1.29, 1.82) is 0 Å².